The lowest BCUT2D eigenvalue weighted by Crippen LogP contribution is -2.27. The zero-order valence-electron chi connectivity index (χ0n) is 5.67. The van der Waals surface area contributed by atoms with Gasteiger partial charge in [-0.1, -0.05) is 0 Å². The first-order valence-electron chi connectivity index (χ1n) is 2.94. The smallest absolute Gasteiger partial charge is 0.270 e. The van der Waals surface area contributed by atoms with Gasteiger partial charge in [0.05, 0.1) is 6.61 Å². The SMILES string of the molecule is O=S1(=O)OCCC1OC(F)(F)F. The van der Waals surface area contributed by atoms with Gasteiger partial charge in [0, 0.05) is 6.42 Å². The van der Waals surface area contributed by atoms with Crippen LogP contribution >= 0.6 is 0 Å². The second kappa shape index (κ2) is 2.86. The highest BCUT2D eigenvalue weighted by atomic mass is 32.2. The standard InChI is InChI=1S/C4H5F3O4S/c5-4(6,7)11-3-1-2-10-12(3,8)9/h3H,1-2H2. The van der Waals surface area contributed by atoms with Crippen molar-refractivity contribution in [1.82, 2.24) is 0 Å². The number of alkyl halides is 3. The molecule has 0 amide bonds. The summed E-state index contributed by atoms with van der Waals surface area (Å²) in [4.78, 5) is 0. The molecule has 1 aliphatic rings. The summed E-state index contributed by atoms with van der Waals surface area (Å²) in [6, 6.07) is 0. The third-order valence-electron chi connectivity index (χ3n) is 1.19. The van der Waals surface area contributed by atoms with Crippen molar-refractivity contribution in [2.75, 3.05) is 6.61 Å². The first-order chi connectivity index (χ1) is 5.31. The molecule has 0 saturated carbocycles. The van der Waals surface area contributed by atoms with Crippen LogP contribution in [0.25, 0.3) is 0 Å². The maximum absolute atomic E-state index is 11.5. The third kappa shape index (κ3) is 2.32. The fourth-order valence-electron chi connectivity index (χ4n) is 0.748. The summed E-state index contributed by atoms with van der Waals surface area (Å²) in [6.07, 6.45) is -5.23. The normalized spacial score (nSPS) is 29.1. The van der Waals surface area contributed by atoms with E-state index in [1.165, 1.54) is 0 Å². The van der Waals surface area contributed by atoms with Crippen LogP contribution in [0, 0.1) is 0 Å². The summed E-state index contributed by atoms with van der Waals surface area (Å²) in [5.41, 5.74) is -1.91. The van der Waals surface area contributed by atoms with Crippen LogP contribution in [-0.4, -0.2) is 26.8 Å². The minimum Gasteiger partial charge on any atom is -0.270 e. The lowest BCUT2D eigenvalue weighted by molar-refractivity contribution is -0.330. The monoisotopic (exact) mass is 206 g/mol. The lowest BCUT2D eigenvalue weighted by atomic mass is 10.5. The van der Waals surface area contributed by atoms with Crippen molar-refractivity contribution in [3.8, 4) is 0 Å². The van der Waals surface area contributed by atoms with Gasteiger partial charge >= 0.3 is 6.36 Å². The van der Waals surface area contributed by atoms with Crippen LogP contribution in [0.4, 0.5) is 13.2 Å². The molecule has 0 aromatic heterocycles. The van der Waals surface area contributed by atoms with Crippen molar-refractivity contribution < 1.29 is 30.5 Å². The Balaban J connectivity index is 2.66. The third-order valence-corrected chi connectivity index (χ3v) is 2.66. The molecule has 0 N–H and O–H groups in total. The van der Waals surface area contributed by atoms with Gasteiger partial charge in [0.2, 0.25) is 0 Å². The van der Waals surface area contributed by atoms with Crippen molar-refractivity contribution in [2.24, 2.45) is 0 Å². The average molecular weight is 206 g/mol. The molecule has 1 saturated heterocycles. The number of hydrogen-bond donors (Lipinski definition) is 0. The van der Waals surface area contributed by atoms with Crippen molar-refractivity contribution in [3.63, 3.8) is 0 Å². The Bertz CT molecular complexity index is 256. The molecule has 0 spiro atoms. The number of rotatable bonds is 1. The Morgan fingerprint density at radius 2 is 2.00 bits per heavy atom. The summed E-state index contributed by atoms with van der Waals surface area (Å²) in [6.45, 7) is -0.261. The molecule has 0 aliphatic carbocycles. The molecule has 1 unspecified atom stereocenters. The number of halogens is 3. The van der Waals surface area contributed by atoms with Gasteiger partial charge < -0.3 is 0 Å². The van der Waals surface area contributed by atoms with E-state index < -0.39 is 21.9 Å². The van der Waals surface area contributed by atoms with E-state index in [1.54, 1.807) is 0 Å². The second-order valence-electron chi connectivity index (χ2n) is 2.10. The van der Waals surface area contributed by atoms with E-state index >= 15 is 0 Å². The predicted molar refractivity (Wildman–Crippen MR) is 30.4 cm³/mol. The molecule has 4 nitrogen and oxygen atoms in total. The second-order valence-corrected chi connectivity index (χ2v) is 3.84. The van der Waals surface area contributed by atoms with Gasteiger partial charge in [-0.2, -0.15) is 8.42 Å². The molecular formula is C4H5F3O4S. The van der Waals surface area contributed by atoms with Gasteiger partial charge in [0.1, 0.15) is 0 Å². The van der Waals surface area contributed by atoms with Gasteiger partial charge in [-0.05, 0) is 0 Å². The zero-order valence-corrected chi connectivity index (χ0v) is 6.48. The van der Waals surface area contributed by atoms with E-state index in [1.807, 2.05) is 0 Å². The fourth-order valence-corrected chi connectivity index (χ4v) is 1.84. The number of ether oxygens (including phenoxy) is 1. The van der Waals surface area contributed by atoms with E-state index in [0.717, 1.165) is 0 Å². The maximum Gasteiger partial charge on any atom is 0.523 e. The van der Waals surface area contributed by atoms with Crippen LogP contribution in [0.3, 0.4) is 0 Å². The van der Waals surface area contributed by atoms with Crippen LogP contribution in [0.5, 0.6) is 0 Å². The zero-order chi connectivity index (χ0) is 9.41. The van der Waals surface area contributed by atoms with Gasteiger partial charge in [-0.3, -0.25) is 8.92 Å². The lowest BCUT2D eigenvalue weighted by Gasteiger charge is -2.11. The summed E-state index contributed by atoms with van der Waals surface area (Å²) < 4.78 is 63.1. The molecule has 0 aromatic carbocycles. The van der Waals surface area contributed by atoms with Gasteiger partial charge in [-0.15, -0.1) is 13.2 Å². The largest absolute Gasteiger partial charge is 0.523 e. The molecule has 0 aromatic rings. The van der Waals surface area contributed by atoms with Gasteiger partial charge in [0.15, 0.2) is 5.44 Å². The summed E-state index contributed by atoms with van der Waals surface area (Å²) in [5.74, 6) is 0. The van der Waals surface area contributed by atoms with E-state index in [4.69, 9.17) is 0 Å². The highest BCUT2D eigenvalue weighted by Crippen LogP contribution is 2.27. The fraction of sp³-hybridized carbons (Fsp3) is 1.00. The quantitative estimate of drug-likeness (QED) is 0.589. The van der Waals surface area contributed by atoms with E-state index in [-0.39, 0.29) is 13.0 Å². The summed E-state index contributed by atoms with van der Waals surface area (Å²) in [7, 11) is -4.16. The Hall–Kier alpha value is -0.340. The Morgan fingerprint density at radius 3 is 2.33 bits per heavy atom. The Labute approximate surface area is 66.4 Å². The van der Waals surface area contributed by atoms with Crippen LogP contribution in [0.15, 0.2) is 0 Å². The highest BCUT2D eigenvalue weighted by molar-refractivity contribution is 7.87. The molecule has 0 bridgehead atoms. The molecule has 1 aliphatic heterocycles. The first kappa shape index (κ1) is 9.75. The van der Waals surface area contributed by atoms with E-state index in [9.17, 15) is 21.6 Å². The van der Waals surface area contributed by atoms with Gasteiger partial charge in [-0.25, -0.2) is 0 Å². The number of hydrogen-bond acceptors (Lipinski definition) is 4. The molecule has 1 rings (SSSR count). The molecular weight excluding hydrogens is 201 g/mol. The van der Waals surface area contributed by atoms with Crippen LogP contribution in [-0.2, 0) is 19.0 Å². The molecule has 1 fully saturated rings. The molecule has 1 heterocycles. The molecule has 12 heavy (non-hydrogen) atoms. The summed E-state index contributed by atoms with van der Waals surface area (Å²) in [5, 5.41) is 0. The molecule has 8 heteroatoms. The minimum atomic E-state index is -4.94. The van der Waals surface area contributed by atoms with Crippen molar-refractivity contribution in [2.45, 2.75) is 18.2 Å². The van der Waals surface area contributed by atoms with Crippen LogP contribution < -0.4 is 0 Å². The average Bonchev–Trinajstić information content (AvgIpc) is 2.07. The van der Waals surface area contributed by atoms with E-state index in [2.05, 4.69) is 8.92 Å². The maximum atomic E-state index is 11.5. The molecule has 1 atom stereocenters. The van der Waals surface area contributed by atoms with Crippen molar-refractivity contribution in [1.29, 1.82) is 0 Å². The highest BCUT2D eigenvalue weighted by Gasteiger charge is 2.43. The topological polar surface area (TPSA) is 52.6 Å². The Kier molecular flexibility index (Phi) is 2.32. The Morgan fingerprint density at radius 1 is 1.42 bits per heavy atom. The van der Waals surface area contributed by atoms with Crippen molar-refractivity contribution >= 4 is 10.1 Å². The predicted octanol–water partition coefficient (Wildman–Crippen LogP) is 0.599. The molecule has 0 radical (unpaired) electrons. The van der Waals surface area contributed by atoms with Crippen LogP contribution in [0.2, 0.25) is 0 Å². The van der Waals surface area contributed by atoms with Gasteiger partial charge in [0.25, 0.3) is 10.1 Å². The summed E-state index contributed by atoms with van der Waals surface area (Å²) >= 11 is 0. The van der Waals surface area contributed by atoms with Crippen molar-refractivity contribution in [3.05, 3.63) is 0 Å². The van der Waals surface area contributed by atoms with Crippen LogP contribution in [0.1, 0.15) is 6.42 Å². The van der Waals surface area contributed by atoms with E-state index in [0.29, 0.717) is 0 Å². The first-order valence-corrected chi connectivity index (χ1v) is 4.41. The molecule has 72 valence electrons. The minimum absolute atomic E-state index is 0.261.